The van der Waals surface area contributed by atoms with Crippen molar-refractivity contribution in [2.45, 2.75) is 39.3 Å². The highest BCUT2D eigenvalue weighted by Crippen LogP contribution is 2.20. The van der Waals surface area contributed by atoms with Crippen molar-refractivity contribution >= 4 is 11.6 Å². The fourth-order valence-electron chi connectivity index (χ4n) is 3.07. The molecule has 1 atom stereocenters. The number of para-hydroxylation sites is 1. The van der Waals surface area contributed by atoms with Crippen LogP contribution >= 0.6 is 0 Å². The Morgan fingerprint density at radius 1 is 1.12 bits per heavy atom. The molecule has 1 aliphatic rings. The van der Waals surface area contributed by atoms with Gasteiger partial charge >= 0.3 is 0 Å². The van der Waals surface area contributed by atoms with Crippen molar-refractivity contribution in [3.8, 4) is 5.75 Å². The summed E-state index contributed by atoms with van der Waals surface area (Å²) in [5.74, 6) is 0.645. The molecule has 4 heteroatoms. The Morgan fingerprint density at radius 2 is 1.80 bits per heavy atom. The predicted octanol–water partition coefficient (Wildman–Crippen LogP) is 3.68. The van der Waals surface area contributed by atoms with E-state index in [1.807, 2.05) is 31.2 Å². The Hall–Kier alpha value is -2.49. The highest BCUT2D eigenvalue weighted by atomic mass is 16.5. The van der Waals surface area contributed by atoms with Crippen LogP contribution in [0.5, 0.6) is 5.75 Å². The van der Waals surface area contributed by atoms with Gasteiger partial charge in [-0.15, -0.1) is 0 Å². The molecule has 132 valence electrons. The summed E-state index contributed by atoms with van der Waals surface area (Å²) in [6.07, 6.45) is 2.03. The van der Waals surface area contributed by atoms with Crippen LogP contribution in [0.4, 0.5) is 5.69 Å². The molecule has 4 nitrogen and oxygen atoms in total. The van der Waals surface area contributed by atoms with Gasteiger partial charge in [-0.1, -0.05) is 30.3 Å². The second-order valence-corrected chi connectivity index (χ2v) is 6.60. The van der Waals surface area contributed by atoms with E-state index in [1.54, 1.807) is 6.92 Å². The first-order chi connectivity index (χ1) is 12.1. The van der Waals surface area contributed by atoms with E-state index in [0.717, 1.165) is 30.0 Å². The monoisotopic (exact) mass is 338 g/mol. The largest absolute Gasteiger partial charge is 0.481 e. The zero-order valence-electron chi connectivity index (χ0n) is 15.0. The van der Waals surface area contributed by atoms with Crippen LogP contribution < -0.4 is 15.0 Å². The Labute approximate surface area is 149 Å². The van der Waals surface area contributed by atoms with Gasteiger partial charge < -0.3 is 15.0 Å². The maximum Gasteiger partial charge on any atom is 0.261 e. The van der Waals surface area contributed by atoms with Gasteiger partial charge in [0.05, 0.1) is 0 Å². The van der Waals surface area contributed by atoms with Gasteiger partial charge in [0.1, 0.15) is 5.75 Å². The van der Waals surface area contributed by atoms with Crippen LogP contribution in [0.2, 0.25) is 0 Å². The molecule has 0 saturated carbocycles. The van der Waals surface area contributed by atoms with Crippen LogP contribution in [-0.4, -0.2) is 25.1 Å². The van der Waals surface area contributed by atoms with Crippen molar-refractivity contribution in [1.29, 1.82) is 0 Å². The van der Waals surface area contributed by atoms with E-state index in [4.69, 9.17) is 4.74 Å². The fourth-order valence-corrected chi connectivity index (χ4v) is 3.07. The normalized spacial score (nSPS) is 15.0. The van der Waals surface area contributed by atoms with Crippen molar-refractivity contribution in [3.05, 3.63) is 59.7 Å². The number of carbonyl (C=O) groups is 1. The number of anilines is 1. The van der Waals surface area contributed by atoms with E-state index in [2.05, 4.69) is 34.5 Å². The molecule has 1 heterocycles. The summed E-state index contributed by atoms with van der Waals surface area (Å²) in [5.41, 5.74) is 3.39. The number of nitrogens with zero attached hydrogens (tertiary/aromatic N) is 1. The first-order valence-corrected chi connectivity index (χ1v) is 8.97. The maximum absolute atomic E-state index is 12.3. The zero-order valence-corrected chi connectivity index (χ0v) is 15.0. The minimum atomic E-state index is -0.523. The van der Waals surface area contributed by atoms with Crippen LogP contribution in [0, 0.1) is 6.92 Å². The Bertz CT molecular complexity index is 706. The summed E-state index contributed by atoms with van der Waals surface area (Å²) in [5, 5.41) is 2.95. The lowest BCUT2D eigenvalue weighted by molar-refractivity contribution is -0.127. The van der Waals surface area contributed by atoms with E-state index in [1.165, 1.54) is 18.5 Å². The summed E-state index contributed by atoms with van der Waals surface area (Å²) in [6.45, 7) is 6.55. The van der Waals surface area contributed by atoms with Crippen molar-refractivity contribution in [2.24, 2.45) is 0 Å². The molecule has 1 N–H and O–H groups in total. The molecule has 1 amide bonds. The van der Waals surface area contributed by atoms with Gasteiger partial charge in [0, 0.05) is 25.3 Å². The Kier molecular flexibility index (Phi) is 5.59. The molecule has 0 aliphatic carbocycles. The number of rotatable bonds is 6. The van der Waals surface area contributed by atoms with Crippen LogP contribution in [-0.2, 0) is 11.3 Å². The molecule has 0 spiro atoms. The van der Waals surface area contributed by atoms with E-state index in [0.29, 0.717) is 6.54 Å². The average molecular weight is 338 g/mol. The van der Waals surface area contributed by atoms with Crippen molar-refractivity contribution in [3.63, 3.8) is 0 Å². The third-order valence-corrected chi connectivity index (χ3v) is 4.64. The molecule has 0 unspecified atom stereocenters. The topological polar surface area (TPSA) is 41.6 Å². The van der Waals surface area contributed by atoms with Gasteiger partial charge in [-0.05, 0) is 56.0 Å². The lowest BCUT2D eigenvalue weighted by atomic mass is 10.2. The molecular weight excluding hydrogens is 312 g/mol. The minimum absolute atomic E-state index is 0.105. The molecule has 0 bridgehead atoms. The van der Waals surface area contributed by atoms with Crippen molar-refractivity contribution in [2.75, 3.05) is 18.0 Å². The third kappa shape index (κ3) is 4.53. The first-order valence-electron chi connectivity index (χ1n) is 8.97. The van der Waals surface area contributed by atoms with E-state index >= 15 is 0 Å². The third-order valence-electron chi connectivity index (χ3n) is 4.64. The van der Waals surface area contributed by atoms with Gasteiger partial charge in [-0.25, -0.2) is 0 Å². The number of aryl methyl sites for hydroxylation is 1. The number of hydrogen-bond donors (Lipinski definition) is 1. The molecule has 2 aromatic carbocycles. The summed E-state index contributed by atoms with van der Waals surface area (Å²) in [7, 11) is 0. The molecule has 1 aliphatic heterocycles. The van der Waals surface area contributed by atoms with Crippen LogP contribution in [0.3, 0.4) is 0 Å². The molecule has 3 rings (SSSR count). The van der Waals surface area contributed by atoms with Gasteiger partial charge in [-0.2, -0.15) is 0 Å². The van der Waals surface area contributed by atoms with Gasteiger partial charge in [0.2, 0.25) is 0 Å². The van der Waals surface area contributed by atoms with E-state index < -0.39 is 6.10 Å². The van der Waals surface area contributed by atoms with Crippen molar-refractivity contribution in [1.82, 2.24) is 5.32 Å². The zero-order chi connectivity index (χ0) is 17.6. The lowest BCUT2D eigenvalue weighted by Gasteiger charge is -2.18. The standard InChI is InChI=1S/C21H26N2O2/c1-16-7-3-4-8-20(16)25-17(2)21(24)22-15-18-9-11-19(12-10-18)23-13-5-6-14-23/h3-4,7-12,17H,5-6,13-15H2,1-2H3,(H,22,24)/t17-/m0/s1. The van der Waals surface area contributed by atoms with Crippen LogP contribution in [0.15, 0.2) is 48.5 Å². The van der Waals surface area contributed by atoms with Crippen molar-refractivity contribution < 1.29 is 9.53 Å². The second-order valence-electron chi connectivity index (χ2n) is 6.60. The number of amides is 1. The molecule has 1 fully saturated rings. The molecular formula is C21H26N2O2. The van der Waals surface area contributed by atoms with Crippen LogP contribution in [0.1, 0.15) is 30.9 Å². The minimum Gasteiger partial charge on any atom is -0.481 e. The predicted molar refractivity (Wildman–Crippen MR) is 101 cm³/mol. The fraction of sp³-hybridized carbons (Fsp3) is 0.381. The highest BCUT2D eigenvalue weighted by molar-refractivity contribution is 5.80. The lowest BCUT2D eigenvalue weighted by Crippen LogP contribution is -2.36. The first kappa shape index (κ1) is 17.3. The smallest absolute Gasteiger partial charge is 0.261 e. The molecule has 25 heavy (non-hydrogen) atoms. The Balaban J connectivity index is 1.50. The molecule has 2 aromatic rings. The molecule has 1 saturated heterocycles. The summed E-state index contributed by atoms with van der Waals surface area (Å²) in [4.78, 5) is 14.7. The number of hydrogen-bond acceptors (Lipinski definition) is 3. The summed E-state index contributed by atoms with van der Waals surface area (Å²) in [6, 6.07) is 16.2. The maximum atomic E-state index is 12.3. The summed E-state index contributed by atoms with van der Waals surface area (Å²) >= 11 is 0. The van der Waals surface area contributed by atoms with E-state index in [-0.39, 0.29) is 5.91 Å². The Morgan fingerprint density at radius 3 is 2.48 bits per heavy atom. The molecule has 0 aromatic heterocycles. The van der Waals surface area contributed by atoms with Crippen LogP contribution in [0.25, 0.3) is 0 Å². The highest BCUT2D eigenvalue weighted by Gasteiger charge is 2.15. The number of benzene rings is 2. The molecule has 0 radical (unpaired) electrons. The van der Waals surface area contributed by atoms with E-state index in [9.17, 15) is 4.79 Å². The van der Waals surface area contributed by atoms with Gasteiger partial charge in [-0.3, -0.25) is 4.79 Å². The van der Waals surface area contributed by atoms with Gasteiger partial charge in [0.15, 0.2) is 6.10 Å². The quantitative estimate of drug-likeness (QED) is 0.873. The number of carbonyl (C=O) groups excluding carboxylic acids is 1. The number of nitrogens with one attached hydrogen (secondary N) is 1. The van der Waals surface area contributed by atoms with Gasteiger partial charge in [0.25, 0.3) is 5.91 Å². The SMILES string of the molecule is Cc1ccccc1O[C@@H](C)C(=O)NCc1ccc(N2CCCC2)cc1. The number of ether oxygens (including phenoxy) is 1. The second kappa shape index (κ2) is 8.06. The summed E-state index contributed by atoms with van der Waals surface area (Å²) < 4.78 is 5.76. The average Bonchev–Trinajstić information content (AvgIpc) is 3.16.